The quantitative estimate of drug-likeness (QED) is 0.294. The van der Waals surface area contributed by atoms with E-state index in [1.165, 1.54) is 13.2 Å². The van der Waals surface area contributed by atoms with Gasteiger partial charge >= 0.3 is 5.97 Å². The maximum atomic E-state index is 12.6. The van der Waals surface area contributed by atoms with Crippen molar-refractivity contribution in [2.45, 2.75) is 13.8 Å². The minimum absolute atomic E-state index is 0.0605. The number of carbonyl (C=O) groups excluding carboxylic acids is 2. The Balaban J connectivity index is 1.98. The zero-order chi connectivity index (χ0) is 23.4. The first kappa shape index (κ1) is 23.1. The first-order chi connectivity index (χ1) is 15.2. The van der Waals surface area contributed by atoms with E-state index in [9.17, 15) is 14.9 Å². The summed E-state index contributed by atoms with van der Waals surface area (Å²) < 4.78 is 6.65. The molecule has 32 heavy (non-hydrogen) atoms. The van der Waals surface area contributed by atoms with Crippen LogP contribution in [0.5, 0.6) is 0 Å². The number of nitriles is 1. The van der Waals surface area contributed by atoms with Gasteiger partial charge in [-0.3, -0.25) is 4.79 Å². The highest BCUT2D eigenvalue weighted by molar-refractivity contribution is 6.32. The molecule has 1 amide bonds. The van der Waals surface area contributed by atoms with Crippen LogP contribution in [-0.2, 0) is 9.53 Å². The van der Waals surface area contributed by atoms with Gasteiger partial charge in [0, 0.05) is 22.1 Å². The van der Waals surface area contributed by atoms with Crippen LogP contribution in [0.15, 0.2) is 54.1 Å². The number of carbonyl (C=O) groups is 2. The average Bonchev–Trinajstić information content (AvgIpc) is 3.06. The number of benzene rings is 2. The predicted octanol–water partition coefficient (Wildman–Crippen LogP) is 5.73. The molecule has 162 valence electrons. The summed E-state index contributed by atoms with van der Waals surface area (Å²) in [5, 5.41) is 13.2. The second-order valence-corrected chi connectivity index (χ2v) is 7.79. The molecule has 0 radical (unpaired) electrons. The normalized spacial score (nSPS) is 11.1. The lowest BCUT2D eigenvalue weighted by molar-refractivity contribution is -0.112. The van der Waals surface area contributed by atoms with Gasteiger partial charge in [-0.25, -0.2) is 4.79 Å². The predicted molar refractivity (Wildman–Crippen MR) is 125 cm³/mol. The van der Waals surface area contributed by atoms with Crippen molar-refractivity contribution in [2.24, 2.45) is 0 Å². The summed E-state index contributed by atoms with van der Waals surface area (Å²) in [6, 6.07) is 15.2. The number of aryl methyl sites for hydroxylation is 1. The molecule has 2 aromatic carbocycles. The largest absolute Gasteiger partial charge is 0.465 e. The number of rotatable bonds is 5. The van der Waals surface area contributed by atoms with Crippen molar-refractivity contribution in [3.05, 3.63) is 86.7 Å². The third kappa shape index (κ3) is 4.86. The van der Waals surface area contributed by atoms with Crippen molar-refractivity contribution in [3.8, 4) is 11.8 Å². The van der Waals surface area contributed by atoms with E-state index in [1.54, 1.807) is 42.5 Å². The van der Waals surface area contributed by atoms with Gasteiger partial charge in [-0.05, 0) is 74.0 Å². The van der Waals surface area contributed by atoms with Crippen LogP contribution in [-0.4, -0.2) is 23.6 Å². The molecule has 0 saturated carbocycles. The van der Waals surface area contributed by atoms with Crippen LogP contribution in [0.3, 0.4) is 0 Å². The lowest BCUT2D eigenvalue weighted by atomic mass is 10.1. The standard InChI is InChI=1S/C24H19Cl2N3O3/c1-14-10-17(11-18(13-27)23(30)28-20-7-5-19(25)6-8-20)15(2)29(14)22-12-16(24(31)32-3)4-9-21(22)26/h4-12H,1-3H3,(H,28,30)/b18-11-. The zero-order valence-corrected chi connectivity index (χ0v) is 19.1. The van der Waals surface area contributed by atoms with Gasteiger partial charge in [-0.15, -0.1) is 0 Å². The first-order valence-corrected chi connectivity index (χ1v) is 10.3. The number of anilines is 1. The molecule has 1 aromatic heterocycles. The van der Waals surface area contributed by atoms with E-state index in [0.29, 0.717) is 32.5 Å². The number of hydrogen-bond acceptors (Lipinski definition) is 4. The number of hydrogen-bond donors (Lipinski definition) is 1. The van der Waals surface area contributed by atoms with Crippen LogP contribution >= 0.6 is 23.2 Å². The number of aromatic nitrogens is 1. The molecule has 1 N–H and O–H groups in total. The molecule has 8 heteroatoms. The Morgan fingerprint density at radius 1 is 1.09 bits per heavy atom. The van der Waals surface area contributed by atoms with Crippen molar-refractivity contribution < 1.29 is 14.3 Å². The SMILES string of the molecule is COC(=O)c1ccc(Cl)c(-n2c(C)cc(/C=C(/C#N)C(=O)Nc3ccc(Cl)cc3)c2C)c1. The number of methoxy groups -OCH3 is 1. The summed E-state index contributed by atoms with van der Waals surface area (Å²) in [5.41, 5.74) is 3.65. The second-order valence-electron chi connectivity index (χ2n) is 6.95. The molecule has 6 nitrogen and oxygen atoms in total. The number of amides is 1. The molecule has 0 aliphatic carbocycles. The lowest BCUT2D eigenvalue weighted by Gasteiger charge is -2.13. The van der Waals surface area contributed by atoms with Crippen LogP contribution in [0.2, 0.25) is 10.0 Å². The summed E-state index contributed by atoms with van der Waals surface area (Å²) in [6.07, 6.45) is 1.52. The zero-order valence-electron chi connectivity index (χ0n) is 17.6. The monoisotopic (exact) mass is 467 g/mol. The fraction of sp³-hybridized carbons (Fsp3) is 0.125. The third-order valence-electron chi connectivity index (χ3n) is 4.85. The lowest BCUT2D eigenvalue weighted by Crippen LogP contribution is -2.13. The van der Waals surface area contributed by atoms with Gasteiger partial charge in [0.05, 0.1) is 23.4 Å². The van der Waals surface area contributed by atoms with E-state index in [4.69, 9.17) is 27.9 Å². The fourth-order valence-electron chi connectivity index (χ4n) is 3.27. The molecule has 0 unspecified atom stereocenters. The molecule has 0 atom stereocenters. The smallest absolute Gasteiger partial charge is 0.337 e. The Morgan fingerprint density at radius 3 is 2.41 bits per heavy atom. The maximum absolute atomic E-state index is 12.6. The van der Waals surface area contributed by atoms with Crippen molar-refractivity contribution in [1.82, 2.24) is 4.57 Å². The summed E-state index contributed by atoms with van der Waals surface area (Å²) >= 11 is 12.3. The highest BCUT2D eigenvalue weighted by atomic mass is 35.5. The summed E-state index contributed by atoms with van der Waals surface area (Å²) in [4.78, 5) is 24.5. The van der Waals surface area contributed by atoms with Crippen LogP contribution in [0.25, 0.3) is 11.8 Å². The van der Waals surface area contributed by atoms with Crippen LogP contribution in [0.1, 0.15) is 27.3 Å². The van der Waals surface area contributed by atoms with Gasteiger partial charge in [0.25, 0.3) is 5.91 Å². The Bertz CT molecular complexity index is 1270. The molecule has 0 fully saturated rings. The molecular formula is C24H19Cl2N3O3. The summed E-state index contributed by atoms with van der Waals surface area (Å²) in [7, 11) is 1.31. The van der Waals surface area contributed by atoms with Crippen LogP contribution in [0.4, 0.5) is 5.69 Å². The average molecular weight is 468 g/mol. The van der Waals surface area contributed by atoms with Crippen molar-refractivity contribution in [1.29, 1.82) is 5.26 Å². The number of nitrogens with one attached hydrogen (secondary N) is 1. The van der Waals surface area contributed by atoms with Gasteiger partial charge in [0.1, 0.15) is 11.6 Å². The van der Waals surface area contributed by atoms with Gasteiger partial charge in [-0.1, -0.05) is 23.2 Å². The minimum Gasteiger partial charge on any atom is -0.465 e. The minimum atomic E-state index is -0.537. The number of halogens is 2. The van der Waals surface area contributed by atoms with Gasteiger partial charge in [-0.2, -0.15) is 5.26 Å². The molecule has 0 aliphatic rings. The maximum Gasteiger partial charge on any atom is 0.337 e. The van der Waals surface area contributed by atoms with Gasteiger partial charge in [0.2, 0.25) is 0 Å². The van der Waals surface area contributed by atoms with Crippen LogP contribution < -0.4 is 5.32 Å². The Morgan fingerprint density at radius 2 is 1.78 bits per heavy atom. The molecule has 0 aliphatic heterocycles. The second kappa shape index (κ2) is 9.73. The van der Waals surface area contributed by atoms with Crippen LogP contribution in [0, 0.1) is 25.2 Å². The molecule has 0 saturated heterocycles. The summed E-state index contributed by atoms with van der Waals surface area (Å²) in [5.74, 6) is -1.01. The summed E-state index contributed by atoms with van der Waals surface area (Å²) in [6.45, 7) is 3.71. The number of nitrogens with zero attached hydrogens (tertiary/aromatic N) is 2. The Hall–Kier alpha value is -3.53. The van der Waals surface area contributed by atoms with E-state index < -0.39 is 11.9 Å². The highest BCUT2D eigenvalue weighted by Gasteiger charge is 2.17. The molecular weight excluding hydrogens is 449 g/mol. The van der Waals surface area contributed by atoms with E-state index in [0.717, 1.165) is 11.4 Å². The fourth-order valence-corrected chi connectivity index (χ4v) is 3.60. The Labute approximate surface area is 195 Å². The van der Waals surface area contributed by atoms with E-state index in [1.807, 2.05) is 30.6 Å². The molecule has 3 aromatic rings. The van der Waals surface area contributed by atoms with Crippen molar-refractivity contribution >= 4 is 46.8 Å². The van der Waals surface area contributed by atoms with Crippen molar-refractivity contribution in [2.75, 3.05) is 12.4 Å². The molecule has 3 rings (SSSR count). The third-order valence-corrected chi connectivity index (χ3v) is 5.42. The molecule has 1 heterocycles. The number of esters is 1. The number of ether oxygens (including phenoxy) is 1. The Kier molecular flexibility index (Phi) is 7.04. The van der Waals surface area contributed by atoms with E-state index in [2.05, 4.69) is 5.32 Å². The first-order valence-electron chi connectivity index (χ1n) is 9.51. The molecule has 0 spiro atoms. The van der Waals surface area contributed by atoms with Gasteiger partial charge in [0.15, 0.2) is 0 Å². The topological polar surface area (TPSA) is 84.1 Å². The highest BCUT2D eigenvalue weighted by Crippen LogP contribution is 2.29. The van der Waals surface area contributed by atoms with Crippen molar-refractivity contribution in [3.63, 3.8) is 0 Å². The van der Waals surface area contributed by atoms with E-state index >= 15 is 0 Å². The molecule has 0 bridgehead atoms. The van der Waals surface area contributed by atoms with E-state index in [-0.39, 0.29) is 5.57 Å². The van der Waals surface area contributed by atoms with Gasteiger partial charge < -0.3 is 14.6 Å².